The highest BCUT2D eigenvalue weighted by Gasteiger charge is 2.18. The lowest BCUT2D eigenvalue weighted by Crippen LogP contribution is -2.23. The van der Waals surface area contributed by atoms with Gasteiger partial charge < -0.3 is 18.7 Å². The number of nitrogens with zero attached hydrogens (tertiary/aromatic N) is 2. The maximum atomic E-state index is 8.80. The van der Waals surface area contributed by atoms with Crippen molar-refractivity contribution < 1.29 is 18.7 Å². The van der Waals surface area contributed by atoms with Gasteiger partial charge in [0.15, 0.2) is 0 Å². The van der Waals surface area contributed by atoms with Crippen LogP contribution in [0.3, 0.4) is 0 Å². The molecular weight excluding hydrogens is 309 g/mol. The Morgan fingerprint density at radius 2 is 1.75 bits per heavy atom. The molecule has 0 saturated carbocycles. The summed E-state index contributed by atoms with van der Waals surface area (Å²) in [6.07, 6.45) is 0. The Labute approximate surface area is 140 Å². The molecule has 0 atom stereocenters. The van der Waals surface area contributed by atoms with Crippen molar-refractivity contribution in [2.45, 2.75) is 6.61 Å². The van der Waals surface area contributed by atoms with Gasteiger partial charge in [-0.25, -0.2) is 5.53 Å². The third-order valence-electron chi connectivity index (χ3n) is 3.15. The van der Waals surface area contributed by atoms with E-state index in [9.17, 15) is 0 Å². The zero-order valence-electron chi connectivity index (χ0n) is 13.4. The summed E-state index contributed by atoms with van der Waals surface area (Å²) in [6, 6.07) is 13.9. The third kappa shape index (κ3) is 4.63. The predicted molar refractivity (Wildman–Crippen MR) is 87.0 cm³/mol. The molecule has 0 aliphatic carbocycles. The molecule has 1 N–H and O–H groups in total. The largest absolute Gasteiger partial charge is 0.639 e. The summed E-state index contributed by atoms with van der Waals surface area (Å²) in [7, 11) is 2.13. The van der Waals surface area contributed by atoms with E-state index in [-0.39, 0.29) is 6.61 Å². The average Bonchev–Trinajstić information content (AvgIpc) is 2.63. The predicted octanol–water partition coefficient (Wildman–Crippen LogP) is 3.81. The minimum Gasteiger partial charge on any atom is -0.457 e. The van der Waals surface area contributed by atoms with E-state index in [4.69, 9.17) is 29.5 Å². The van der Waals surface area contributed by atoms with Gasteiger partial charge in [-0.15, -0.1) is 0 Å². The number of nitriles is 1. The molecule has 0 fully saturated rings. The van der Waals surface area contributed by atoms with Crippen LogP contribution < -0.4 is 4.74 Å². The van der Waals surface area contributed by atoms with E-state index in [1.165, 1.54) is 14.2 Å². The Bertz CT molecular complexity index is 727. The molecule has 0 unspecified atom stereocenters. The SMILES string of the molecule is COB(OC)OCc1cc(Oc2ccc(C#N)cc2)ccc1N=N. The summed E-state index contributed by atoms with van der Waals surface area (Å²) in [6.45, 7) is 0.147. The van der Waals surface area contributed by atoms with Gasteiger partial charge in [-0.3, -0.25) is 0 Å². The Balaban J connectivity index is 2.14. The van der Waals surface area contributed by atoms with Crippen LogP contribution in [0.25, 0.3) is 0 Å². The molecule has 0 saturated heterocycles. The second-order valence-corrected chi connectivity index (χ2v) is 4.71. The molecule has 0 radical (unpaired) electrons. The summed E-state index contributed by atoms with van der Waals surface area (Å²) in [5, 5.41) is 12.3. The molecule has 0 bridgehead atoms. The molecule has 0 heterocycles. The Hall–Kier alpha value is -2.73. The van der Waals surface area contributed by atoms with Crippen LogP contribution in [-0.4, -0.2) is 21.5 Å². The molecule has 2 aromatic carbocycles. The van der Waals surface area contributed by atoms with E-state index in [1.54, 1.807) is 42.5 Å². The first-order valence-corrected chi connectivity index (χ1v) is 7.05. The van der Waals surface area contributed by atoms with E-state index < -0.39 is 7.32 Å². The average molecular weight is 325 g/mol. The van der Waals surface area contributed by atoms with Gasteiger partial charge in [0, 0.05) is 19.8 Å². The summed E-state index contributed by atoms with van der Waals surface area (Å²) in [5.74, 6) is 1.17. The molecule has 7 nitrogen and oxygen atoms in total. The van der Waals surface area contributed by atoms with Crippen molar-refractivity contribution in [2.75, 3.05) is 14.2 Å². The maximum absolute atomic E-state index is 8.80. The van der Waals surface area contributed by atoms with Gasteiger partial charge in [0.2, 0.25) is 0 Å². The van der Waals surface area contributed by atoms with Gasteiger partial charge in [-0.1, -0.05) is 0 Å². The second kappa shape index (κ2) is 8.79. The number of hydrogen-bond donors (Lipinski definition) is 1. The van der Waals surface area contributed by atoms with E-state index in [2.05, 4.69) is 11.2 Å². The second-order valence-electron chi connectivity index (χ2n) is 4.71. The van der Waals surface area contributed by atoms with Crippen LogP contribution in [0.15, 0.2) is 47.6 Å². The van der Waals surface area contributed by atoms with Crippen molar-refractivity contribution in [1.29, 1.82) is 10.8 Å². The third-order valence-corrected chi connectivity index (χ3v) is 3.15. The highest BCUT2D eigenvalue weighted by molar-refractivity contribution is 6.36. The zero-order valence-corrected chi connectivity index (χ0v) is 13.4. The van der Waals surface area contributed by atoms with Crippen molar-refractivity contribution in [3.63, 3.8) is 0 Å². The monoisotopic (exact) mass is 325 g/mol. The first kappa shape index (κ1) is 17.6. The summed E-state index contributed by atoms with van der Waals surface area (Å²) in [4.78, 5) is 0. The van der Waals surface area contributed by atoms with Crippen LogP contribution >= 0.6 is 0 Å². The zero-order chi connectivity index (χ0) is 17.4. The molecule has 0 aromatic heterocycles. The van der Waals surface area contributed by atoms with Crippen LogP contribution in [0.1, 0.15) is 11.1 Å². The molecule has 8 heteroatoms. The van der Waals surface area contributed by atoms with Crippen molar-refractivity contribution in [2.24, 2.45) is 5.11 Å². The van der Waals surface area contributed by atoms with Gasteiger partial charge >= 0.3 is 7.32 Å². The maximum Gasteiger partial charge on any atom is 0.639 e. The summed E-state index contributed by atoms with van der Waals surface area (Å²) < 4.78 is 21.1. The van der Waals surface area contributed by atoms with Gasteiger partial charge in [0.25, 0.3) is 0 Å². The fourth-order valence-electron chi connectivity index (χ4n) is 1.97. The molecule has 2 rings (SSSR count). The number of ether oxygens (including phenoxy) is 1. The van der Waals surface area contributed by atoms with Crippen molar-refractivity contribution in [3.8, 4) is 17.6 Å². The van der Waals surface area contributed by atoms with Gasteiger partial charge in [-0.2, -0.15) is 10.4 Å². The van der Waals surface area contributed by atoms with E-state index in [1.807, 2.05) is 0 Å². The van der Waals surface area contributed by atoms with E-state index in [0.717, 1.165) is 0 Å². The minimum atomic E-state index is -0.799. The Kier molecular flexibility index (Phi) is 6.46. The standard InChI is InChI=1S/C16H16BN3O4/c1-21-17(22-2)23-11-13-9-15(7-8-16(13)20-19)24-14-5-3-12(10-18)4-6-14/h3-9,19H,11H2,1-2H3. The number of benzene rings is 2. The quantitative estimate of drug-likeness (QED) is 0.588. The van der Waals surface area contributed by atoms with Crippen LogP contribution in [0, 0.1) is 16.9 Å². The fraction of sp³-hybridized carbons (Fsp3) is 0.188. The Morgan fingerprint density at radius 1 is 1.08 bits per heavy atom. The first-order valence-electron chi connectivity index (χ1n) is 7.05. The molecule has 122 valence electrons. The molecule has 0 amide bonds. The lowest BCUT2D eigenvalue weighted by molar-refractivity contribution is 0.128. The smallest absolute Gasteiger partial charge is 0.457 e. The van der Waals surface area contributed by atoms with Gasteiger partial charge in [0.05, 0.1) is 23.9 Å². The highest BCUT2D eigenvalue weighted by Crippen LogP contribution is 2.28. The van der Waals surface area contributed by atoms with Crippen LogP contribution in [-0.2, 0) is 20.6 Å². The molecular formula is C16H16BN3O4. The number of rotatable bonds is 8. The van der Waals surface area contributed by atoms with Crippen molar-refractivity contribution in [3.05, 3.63) is 53.6 Å². The molecule has 24 heavy (non-hydrogen) atoms. The van der Waals surface area contributed by atoms with Crippen molar-refractivity contribution in [1.82, 2.24) is 0 Å². The van der Waals surface area contributed by atoms with Gasteiger partial charge in [0.1, 0.15) is 11.5 Å². The first-order chi connectivity index (χ1) is 11.7. The Morgan fingerprint density at radius 3 is 2.33 bits per heavy atom. The molecule has 0 spiro atoms. The number of hydrogen-bond acceptors (Lipinski definition) is 7. The van der Waals surface area contributed by atoms with Crippen LogP contribution in [0.5, 0.6) is 11.5 Å². The van der Waals surface area contributed by atoms with Crippen LogP contribution in [0.2, 0.25) is 0 Å². The summed E-state index contributed by atoms with van der Waals surface area (Å²) in [5.41, 5.74) is 8.92. The topological polar surface area (TPSA) is 96.9 Å². The lowest BCUT2D eigenvalue weighted by Gasteiger charge is -2.12. The minimum absolute atomic E-state index is 0.147. The lowest BCUT2D eigenvalue weighted by atomic mass is 10.1. The van der Waals surface area contributed by atoms with Crippen LogP contribution in [0.4, 0.5) is 5.69 Å². The molecule has 0 aliphatic rings. The van der Waals surface area contributed by atoms with Crippen molar-refractivity contribution >= 4 is 13.0 Å². The molecule has 0 aliphatic heterocycles. The normalized spacial score (nSPS) is 10.0. The fourth-order valence-corrected chi connectivity index (χ4v) is 1.97. The highest BCUT2D eigenvalue weighted by atomic mass is 16.7. The van der Waals surface area contributed by atoms with Gasteiger partial charge in [-0.05, 0) is 42.5 Å². The number of nitrogens with one attached hydrogen (secondary N) is 1. The van der Waals surface area contributed by atoms with E-state index in [0.29, 0.717) is 28.3 Å². The van der Waals surface area contributed by atoms with E-state index >= 15 is 0 Å². The molecule has 2 aromatic rings. The summed E-state index contributed by atoms with van der Waals surface area (Å²) >= 11 is 0.